The zero-order valence-electron chi connectivity index (χ0n) is 12.2. The van der Waals surface area contributed by atoms with Gasteiger partial charge in [-0.05, 0) is 5.56 Å². The minimum Gasteiger partial charge on any atom is -0.482 e. The monoisotopic (exact) mass is 303 g/mol. The minimum absolute atomic E-state index is 0.0619. The molecule has 0 saturated heterocycles. The lowest BCUT2D eigenvalue weighted by Gasteiger charge is -2.06. The Morgan fingerprint density at radius 2 is 2.05 bits per heavy atom. The van der Waals surface area contributed by atoms with E-state index in [9.17, 15) is 9.59 Å². The van der Waals surface area contributed by atoms with E-state index in [1.165, 1.54) is 7.11 Å². The SMILES string of the molecule is COCCNC(=O)c1cc(=O)c(OCc2ccccc2)co1. The molecule has 116 valence electrons. The summed E-state index contributed by atoms with van der Waals surface area (Å²) in [6, 6.07) is 10.6. The molecule has 0 aliphatic carbocycles. The molecule has 2 aromatic rings. The lowest BCUT2D eigenvalue weighted by atomic mass is 10.2. The Morgan fingerprint density at radius 3 is 2.73 bits per heavy atom. The van der Waals surface area contributed by atoms with Crippen LogP contribution >= 0.6 is 0 Å². The summed E-state index contributed by atoms with van der Waals surface area (Å²) in [4.78, 5) is 23.6. The van der Waals surface area contributed by atoms with Crippen molar-refractivity contribution < 1.29 is 18.7 Å². The summed E-state index contributed by atoms with van der Waals surface area (Å²) in [7, 11) is 1.53. The van der Waals surface area contributed by atoms with E-state index in [2.05, 4.69) is 5.32 Å². The first kappa shape index (κ1) is 15.8. The maximum atomic E-state index is 11.9. The van der Waals surface area contributed by atoms with Crippen LogP contribution in [0.4, 0.5) is 0 Å². The second kappa shape index (κ2) is 7.99. The lowest BCUT2D eigenvalue weighted by Crippen LogP contribution is -2.27. The van der Waals surface area contributed by atoms with E-state index >= 15 is 0 Å². The molecule has 0 atom stereocenters. The zero-order valence-corrected chi connectivity index (χ0v) is 12.2. The van der Waals surface area contributed by atoms with E-state index in [0.717, 1.165) is 17.9 Å². The first-order valence-electron chi connectivity index (χ1n) is 6.77. The van der Waals surface area contributed by atoms with Crippen molar-refractivity contribution in [2.75, 3.05) is 20.3 Å². The predicted octanol–water partition coefficient (Wildman–Crippen LogP) is 1.59. The molecule has 6 nitrogen and oxygen atoms in total. The Bertz CT molecular complexity index is 666. The minimum atomic E-state index is -0.469. The maximum Gasteiger partial charge on any atom is 0.287 e. The van der Waals surface area contributed by atoms with Crippen LogP contribution in [0, 0.1) is 0 Å². The van der Waals surface area contributed by atoms with Crippen LogP contribution in [0.5, 0.6) is 5.75 Å². The van der Waals surface area contributed by atoms with Crippen molar-refractivity contribution in [3.05, 3.63) is 64.2 Å². The van der Waals surface area contributed by atoms with Gasteiger partial charge in [0.1, 0.15) is 12.9 Å². The van der Waals surface area contributed by atoms with Gasteiger partial charge >= 0.3 is 0 Å². The molecule has 1 heterocycles. The van der Waals surface area contributed by atoms with Gasteiger partial charge in [-0.1, -0.05) is 30.3 Å². The number of benzene rings is 1. The number of methoxy groups -OCH3 is 1. The lowest BCUT2D eigenvalue weighted by molar-refractivity contribution is 0.0906. The van der Waals surface area contributed by atoms with Crippen LogP contribution in [0.15, 0.2) is 51.9 Å². The third-order valence-corrected chi connectivity index (χ3v) is 2.85. The van der Waals surface area contributed by atoms with Crippen LogP contribution in [0.2, 0.25) is 0 Å². The van der Waals surface area contributed by atoms with E-state index in [0.29, 0.717) is 13.2 Å². The van der Waals surface area contributed by atoms with Crippen molar-refractivity contribution in [1.29, 1.82) is 0 Å². The molecule has 0 unspecified atom stereocenters. The van der Waals surface area contributed by atoms with E-state index in [1.807, 2.05) is 30.3 Å². The second-order valence-electron chi connectivity index (χ2n) is 4.50. The Balaban J connectivity index is 1.97. The van der Waals surface area contributed by atoms with Gasteiger partial charge in [-0.3, -0.25) is 9.59 Å². The normalized spacial score (nSPS) is 10.2. The fraction of sp³-hybridized carbons (Fsp3) is 0.250. The summed E-state index contributed by atoms with van der Waals surface area (Å²) in [6.07, 6.45) is 1.15. The van der Waals surface area contributed by atoms with Crippen LogP contribution in [-0.4, -0.2) is 26.2 Å². The summed E-state index contributed by atoms with van der Waals surface area (Å²) >= 11 is 0. The van der Waals surface area contributed by atoms with Gasteiger partial charge in [0.15, 0.2) is 5.76 Å². The third kappa shape index (κ3) is 4.46. The molecule has 0 saturated carbocycles. The van der Waals surface area contributed by atoms with Crippen LogP contribution < -0.4 is 15.5 Å². The molecule has 1 aromatic carbocycles. The van der Waals surface area contributed by atoms with Crippen LogP contribution in [0.1, 0.15) is 16.1 Å². The number of nitrogens with one attached hydrogen (secondary N) is 1. The molecule has 0 radical (unpaired) electrons. The topological polar surface area (TPSA) is 77.8 Å². The molecule has 0 spiro atoms. The Labute approximate surface area is 127 Å². The number of carbonyl (C=O) groups is 1. The summed E-state index contributed by atoms with van der Waals surface area (Å²) in [5.41, 5.74) is 0.530. The van der Waals surface area contributed by atoms with Crippen LogP contribution in [0.3, 0.4) is 0 Å². The summed E-state index contributed by atoms with van der Waals surface area (Å²) in [5.74, 6) is -0.464. The van der Waals surface area contributed by atoms with Gasteiger partial charge in [-0.2, -0.15) is 0 Å². The number of hydrogen-bond donors (Lipinski definition) is 1. The smallest absolute Gasteiger partial charge is 0.287 e. The quantitative estimate of drug-likeness (QED) is 0.786. The number of carbonyl (C=O) groups excluding carboxylic acids is 1. The average Bonchev–Trinajstić information content (AvgIpc) is 2.54. The van der Waals surface area contributed by atoms with Gasteiger partial charge in [0.25, 0.3) is 5.91 Å². The maximum absolute atomic E-state index is 11.9. The summed E-state index contributed by atoms with van der Waals surface area (Å²) < 4.78 is 15.4. The van der Waals surface area contributed by atoms with Crippen molar-refractivity contribution in [3.8, 4) is 5.75 Å². The van der Waals surface area contributed by atoms with Gasteiger partial charge in [0, 0.05) is 19.7 Å². The molecule has 1 aromatic heterocycles. The molecule has 1 amide bonds. The van der Waals surface area contributed by atoms with Gasteiger partial charge < -0.3 is 19.2 Å². The number of amides is 1. The summed E-state index contributed by atoms with van der Waals surface area (Å²) in [5, 5.41) is 2.57. The van der Waals surface area contributed by atoms with E-state index < -0.39 is 11.3 Å². The fourth-order valence-corrected chi connectivity index (χ4v) is 1.71. The largest absolute Gasteiger partial charge is 0.482 e. The Kier molecular flexibility index (Phi) is 5.73. The fourth-order valence-electron chi connectivity index (χ4n) is 1.71. The summed E-state index contributed by atoms with van der Waals surface area (Å²) in [6.45, 7) is 0.977. The molecule has 6 heteroatoms. The van der Waals surface area contributed by atoms with Crippen molar-refractivity contribution in [2.24, 2.45) is 0 Å². The van der Waals surface area contributed by atoms with Gasteiger partial charge in [-0.25, -0.2) is 0 Å². The highest BCUT2D eigenvalue weighted by Crippen LogP contribution is 2.09. The molecule has 0 fully saturated rings. The number of rotatable bonds is 7. The van der Waals surface area contributed by atoms with Gasteiger partial charge in [0.2, 0.25) is 11.2 Å². The van der Waals surface area contributed by atoms with E-state index in [-0.39, 0.29) is 18.1 Å². The van der Waals surface area contributed by atoms with Crippen molar-refractivity contribution in [2.45, 2.75) is 6.61 Å². The van der Waals surface area contributed by atoms with Crippen molar-refractivity contribution in [3.63, 3.8) is 0 Å². The highest BCUT2D eigenvalue weighted by atomic mass is 16.5. The first-order chi connectivity index (χ1) is 10.7. The molecule has 1 N–H and O–H groups in total. The van der Waals surface area contributed by atoms with E-state index in [4.69, 9.17) is 13.9 Å². The molecule has 0 aliphatic rings. The molecular weight excluding hydrogens is 286 g/mol. The van der Waals surface area contributed by atoms with Gasteiger partial charge in [-0.15, -0.1) is 0 Å². The molecule has 22 heavy (non-hydrogen) atoms. The highest BCUT2D eigenvalue weighted by molar-refractivity contribution is 5.91. The molecule has 0 aliphatic heterocycles. The standard InChI is InChI=1S/C16H17NO5/c1-20-8-7-17-16(19)14-9-13(18)15(11-22-14)21-10-12-5-3-2-4-6-12/h2-6,9,11H,7-8,10H2,1H3,(H,17,19). The van der Waals surface area contributed by atoms with Crippen molar-refractivity contribution >= 4 is 5.91 Å². The number of hydrogen-bond acceptors (Lipinski definition) is 5. The molecule has 2 rings (SSSR count). The average molecular weight is 303 g/mol. The predicted molar refractivity (Wildman–Crippen MR) is 80.0 cm³/mol. The first-order valence-corrected chi connectivity index (χ1v) is 6.77. The van der Waals surface area contributed by atoms with E-state index in [1.54, 1.807) is 0 Å². The van der Waals surface area contributed by atoms with Crippen LogP contribution in [0.25, 0.3) is 0 Å². The van der Waals surface area contributed by atoms with Crippen LogP contribution in [-0.2, 0) is 11.3 Å². The Hall–Kier alpha value is -2.60. The Morgan fingerprint density at radius 1 is 1.27 bits per heavy atom. The van der Waals surface area contributed by atoms with Crippen molar-refractivity contribution in [1.82, 2.24) is 5.32 Å². The molecule has 0 bridgehead atoms. The van der Waals surface area contributed by atoms with Gasteiger partial charge in [0.05, 0.1) is 6.61 Å². The number of ether oxygens (including phenoxy) is 2. The second-order valence-corrected chi connectivity index (χ2v) is 4.50. The third-order valence-electron chi connectivity index (χ3n) is 2.85. The molecular formula is C16H17NO5. The zero-order chi connectivity index (χ0) is 15.8. The highest BCUT2D eigenvalue weighted by Gasteiger charge is 2.11.